The number of halogens is 1. The minimum absolute atomic E-state index is 0.117. The number of rotatable bonds is 6. The molecule has 1 fully saturated rings. The Morgan fingerprint density at radius 2 is 2.26 bits per heavy atom. The molecule has 104 valence electrons. The van der Waals surface area contributed by atoms with Crippen molar-refractivity contribution < 1.29 is 13.9 Å². The van der Waals surface area contributed by atoms with Crippen LogP contribution < -0.4 is 0 Å². The first kappa shape index (κ1) is 14.2. The lowest BCUT2D eigenvalue weighted by Gasteiger charge is -2.15. The second-order valence-corrected chi connectivity index (χ2v) is 5.06. The molecule has 3 nitrogen and oxygen atoms in total. The van der Waals surface area contributed by atoms with Crippen molar-refractivity contribution in [2.24, 2.45) is 5.92 Å². The first-order valence-electron chi connectivity index (χ1n) is 6.69. The van der Waals surface area contributed by atoms with E-state index in [1.165, 1.54) is 6.07 Å². The van der Waals surface area contributed by atoms with Gasteiger partial charge in [0, 0.05) is 26.6 Å². The van der Waals surface area contributed by atoms with Crippen LogP contribution in [0.25, 0.3) is 0 Å². The monoisotopic (exact) mass is 265 g/mol. The van der Waals surface area contributed by atoms with Crippen LogP contribution in [0.5, 0.6) is 0 Å². The van der Waals surface area contributed by atoms with Crippen LogP contribution in [0.3, 0.4) is 0 Å². The Morgan fingerprint density at radius 3 is 3.00 bits per heavy atom. The molecule has 1 aromatic carbocycles. The van der Waals surface area contributed by atoms with Crippen LogP contribution in [-0.2, 0) is 4.74 Å². The molecule has 1 heterocycles. The van der Waals surface area contributed by atoms with E-state index in [-0.39, 0.29) is 11.3 Å². The SMILES string of the molecule is COCC1CCN(CCC(=O)c2ccccc2F)C1. The number of likely N-dealkylation sites (tertiary alicyclic amines) is 1. The van der Waals surface area contributed by atoms with Gasteiger partial charge in [0.2, 0.25) is 0 Å². The van der Waals surface area contributed by atoms with Gasteiger partial charge < -0.3 is 9.64 Å². The highest BCUT2D eigenvalue weighted by atomic mass is 19.1. The molecule has 2 rings (SSSR count). The molecule has 19 heavy (non-hydrogen) atoms. The van der Waals surface area contributed by atoms with E-state index in [1.54, 1.807) is 25.3 Å². The molecule has 4 heteroatoms. The number of hydrogen-bond donors (Lipinski definition) is 0. The average Bonchev–Trinajstić information content (AvgIpc) is 2.85. The molecule has 1 aromatic rings. The summed E-state index contributed by atoms with van der Waals surface area (Å²) in [5, 5.41) is 0. The van der Waals surface area contributed by atoms with Gasteiger partial charge in [-0.15, -0.1) is 0 Å². The zero-order chi connectivity index (χ0) is 13.7. The van der Waals surface area contributed by atoms with Gasteiger partial charge in [-0.1, -0.05) is 12.1 Å². The number of nitrogens with zero attached hydrogens (tertiary/aromatic N) is 1. The summed E-state index contributed by atoms with van der Waals surface area (Å²) in [6.07, 6.45) is 1.49. The summed E-state index contributed by atoms with van der Waals surface area (Å²) < 4.78 is 18.6. The fraction of sp³-hybridized carbons (Fsp3) is 0.533. The van der Waals surface area contributed by atoms with Gasteiger partial charge in [-0.3, -0.25) is 4.79 Å². The maximum absolute atomic E-state index is 13.5. The third-order valence-corrected chi connectivity index (χ3v) is 3.60. The number of hydrogen-bond acceptors (Lipinski definition) is 3. The van der Waals surface area contributed by atoms with Gasteiger partial charge in [-0.25, -0.2) is 4.39 Å². The lowest BCUT2D eigenvalue weighted by Crippen LogP contribution is -2.25. The molecule has 1 saturated heterocycles. The first-order chi connectivity index (χ1) is 9.20. The molecule has 1 aliphatic rings. The molecule has 1 unspecified atom stereocenters. The summed E-state index contributed by atoms with van der Waals surface area (Å²) in [7, 11) is 1.71. The number of benzene rings is 1. The molecule has 0 spiro atoms. The summed E-state index contributed by atoms with van der Waals surface area (Å²) in [5.41, 5.74) is 0.204. The number of methoxy groups -OCH3 is 1. The molecule has 1 aliphatic heterocycles. The van der Waals surface area contributed by atoms with E-state index in [9.17, 15) is 9.18 Å². The predicted octanol–water partition coefficient (Wildman–Crippen LogP) is 2.37. The van der Waals surface area contributed by atoms with E-state index < -0.39 is 5.82 Å². The molecular weight excluding hydrogens is 245 g/mol. The van der Waals surface area contributed by atoms with Gasteiger partial charge in [0.1, 0.15) is 5.82 Å². The van der Waals surface area contributed by atoms with E-state index >= 15 is 0 Å². The summed E-state index contributed by atoms with van der Waals surface area (Å²) in [6.45, 7) is 3.45. The number of ketones is 1. The highest BCUT2D eigenvalue weighted by Crippen LogP contribution is 2.17. The predicted molar refractivity (Wildman–Crippen MR) is 71.8 cm³/mol. The molecule has 0 radical (unpaired) electrons. The van der Waals surface area contributed by atoms with Crippen molar-refractivity contribution in [1.29, 1.82) is 0 Å². The van der Waals surface area contributed by atoms with Crippen molar-refractivity contribution in [2.45, 2.75) is 12.8 Å². The van der Waals surface area contributed by atoms with E-state index in [0.29, 0.717) is 18.9 Å². The second kappa shape index (κ2) is 6.78. The highest BCUT2D eigenvalue weighted by Gasteiger charge is 2.22. The zero-order valence-corrected chi connectivity index (χ0v) is 11.3. The summed E-state index contributed by atoms with van der Waals surface area (Å²) >= 11 is 0. The van der Waals surface area contributed by atoms with Gasteiger partial charge >= 0.3 is 0 Å². The largest absolute Gasteiger partial charge is 0.384 e. The Bertz CT molecular complexity index is 436. The van der Waals surface area contributed by atoms with Crippen molar-refractivity contribution in [2.75, 3.05) is 33.4 Å². The Hall–Kier alpha value is -1.26. The summed E-state index contributed by atoms with van der Waals surface area (Å²) in [5.74, 6) is 0.0213. The number of ether oxygens (including phenoxy) is 1. The minimum Gasteiger partial charge on any atom is -0.384 e. The maximum Gasteiger partial charge on any atom is 0.167 e. The third kappa shape index (κ3) is 3.85. The molecule has 0 saturated carbocycles. The van der Waals surface area contributed by atoms with E-state index in [2.05, 4.69) is 4.90 Å². The van der Waals surface area contributed by atoms with E-state index in [0.717, 1.165) is 26.1 Å². The first-order valence-corrected chi connectivity index (χ1v) is 6.69. The Morgan fingerprint density at radius 1 is 1.47 bits per heavy atom. The van der Waals surface area contributed by atoms with Crippen molar-refractivity contribution >= 4 is 5.78 Å². The van der Waals surface area contributed by atoms with Crippen LogP contribution in [0.15, 0.2) is 24.3 Å². The standard InChI is InChI=1S/C15H20FNO2/c1-19-11-12-6-8-17(10-12)9-7-15(18)13-4-2-3-5-14(13)16/h2-5,12H,6-11H2,1H3. The third-order valence-electron chi connectivity index (χ3n) is 3.60. The van der Waals surface area contributed by atoms with Gasteiger partial charge in [0.05, 0.1) is 12.2 Å². The summed E-state index contributed by atoms with van der Waals surface area (Å²) in [4.78, 5) is 14.2. The number of Topliss-reactive ketones (excluding diaryl/α,β-unsaturated/α-hetero) is 1. The molecule has 1 atom stereocenters. The lowest BCUT2D eigenvalue weighted by molar-refractivity contribution is 0.0962. The normalized spacial score (nSPS) is 19.8. The molecule has 0 amide bonds. The van der Waals surface area contributed by atoms with Gasteiger partial charge in [-0.2, -0.15) is 0 Å². The smallest absolute Gasteiger partial charge is 0.167 e. The quantitative estimate of drug-likeness (QED) is 0.740. The van der Waals surface area contributed by atoms with E-state index in [1.807, 2.05) is 0 Å². The van der Waals surface area contributed by atoms with Crippen LogP contribution in [0.2, 0.25) is 0 Å². The minimum atomic E-state index is -0.425. The maximum atomic E-state index is 13.5. The van der Waals surface area contributed by atoms with Crippen molar-refractivity contribution in [3.8, 4) is 0 Å². The average molecular weight is 265 g/mol. The fourth-order valence-electron chi connectivity index (χ4n) is 2.57. The van der Waals surface area contributed by atoms with Gasteiger partial charge in [0.15, 0.2) is 5.78 Å². The Labute approximate surface area is 113 Å². The summed E-state index contributed by atoms with van der Waals surface area (Å²) in [6, 6.07) is 6.18. The van der Waals surface area contributed by atoms with Crippen molar-refractivity contribution in [1.82, 2.24) is 4.90 Å². The van der Waals surface area contributed by atoms with Crippen LogP contribution in [0, 0.1) is 11.7 Å². The molecule has 0 aromatic heterocycles. The molecule has 0 bridgehead atoms. The van der Waals surface area contributed by atoms with Crippen molar-refractivity contribution in [3.63, 3.8) is 0 Å². The topological polar surface area (TPSA) is 29.5 Å². The van der Waals surface area contributed by atoms with Gasteiger partial charge in [-0.05, 0) is 31.0 Å². The van der Waals surface area contributed by atoms with Crippen LogP contribution in [-0.4, -0.2) is 44.0 Å². The Balaban J connectivity index is 1.80. The molecule has 0 N–H and O–H groups in total. The fourth-order valence-corrected chi connectivity index (χ4v) is 2.57. The van der Waals surface area contributed by atoms with Crippen LogP contribution in [0.4, 0.5) is 4.39 Å². The van der Waals surface area contributed by atoms with Crippen LogP contribution in [0.1, 0.15) is 23.2 Å². The highest BCUT2D eigenvalue weighted by molar-refractivity contribution is 5.96. The Kier molecular flexibility index (Phi) is 5.05. The van der Waals surface area contributed by atoms with Crippen LogP contribution >= 0.6 is 0 Å². The van der Waals surface area contributed by atoms with Gasteiger partial charge in [0.25, 0.3) is 0 Å². The second-order valence-electron chi connectivity index (χ2n) is 5.06. The lowest BCUT2D eigenvalue weighted by atomic mass is 10.1. The van der Waals surface area contributed by atoms with Crippen molar-refractivity contribution in [3.05, 3.63) is 35.6 Å². The zero-order valence-electron chi connectivity index (χ0n) is 11.3. The number of carbonyl (C=O) groups is 1. The molecular formula is C15H20FNO2. The molecule has 0 aliphatic carbocycles. The van der Waals surface area contributed by atoms with E-state index in [4.69, 9.17) is 4.74 Å². The number of carbonyl (C=O) groups excluding carboxylic acids is 1.